The lowest BCUT2D eigenvalue weighted by atomic mass is 9.85. The van der Waals surface area contributed by atoms with Gasteiger partial charge in [0.2, 0.25) is 5.91 Å². The number of hydrogen-bond donors (Lipinski definition) is 2. The van der Waals surface area contributed by atoms with E-state index in [2.05, 4.69) is 12.2 Å². The van der Waals surface area contributed by atoms with Gasteiger partial charge in [0.15, 0.2) is 0 Å². The van der Waals surface area contributed by atoms with Gasteiger partial charge in [0.1, 0.15) is 0 Å². The second-order valence-corrected chi connectivity index (χ2v) is 5.28. The predicted molar refractivity (Wildman–Crippen MR) is 67.1 cm³/mol. The van der Waals surface area contributed by atoms with Crippen LogP contribution >= 0.6 is 0 Å². The fourth-order valence-corrected chi connectivity index (χ4v) is 2.41. The molecule has 1 aliphatic carbocycles. The molecule has 94 valence electrons. The van der Waals surface area contributed by atoms with Crippen LogP contribution in [-0.4, -0.2) is 18.0 Å². The van der Waals surface area contributed by atoms with Crippen molar-refractivity contribution in [3.8, 4) is 0 Å². The summed E-state index contributed by atoms with van der Waals surface area (Å²) in [7, 11) is 0. The van der Waals surface area contributed by atoms with Gasteiger partial charge in [0.25, 0.3) is 0 Å². The van der Waals surface area contributed by atoms with Gasteiger partial charge in [-0.15, -0.1) is 0 Å². The Bertz CT molecular complexity index is 210. The van der Waals surface area contributed by atoms with E-state index in [0.717, 1.165) is 12.3 Å². The zero-order chi connectivity index (χ0) is 12.0. The molecule has 16 heavy (non-hydrogen) atoms. The highest BCUT2D eigenvalue weighted by atomic mass is 16.2. The quantitative estimate of drug-likeness (QED) is 0.755. The summed E-state index contributed by atoms with van der Waals surface area (Å²) in [4.78, 5) is 11.4. The number of hydrogen-bond acceptors (Lipinski definition) is 2. The van der Waals surface area contributed by atoms with Crippen LogP contribution in [0.2, 0.25) is 0 Å². The number of carbonyl (C=O) groups is 1. The molecule has 0 aliphatic heterocycles. The summed E-state index contributed by atoms with van der Waals surface area (Å²) >= 11 is 0. The summed E-state index contributed by atoms with van der Waals surface area (Å²) < 4.78 is 0. The molecule has 0 heterocycles. The number of nitrogens with two attached hydrogens (primary N) is 1. The normalized spacial score (nSPS) is 21.4. The summed E-state index contributed by atoms with van der Waals surface area (Å²) in [5.74, 6) is 0.861. The van der Waals surface area contributed by atoms with Gasteiger partial charge in [-0.3, -0.25) is 4.79 Å². The predicted octanol–water partition coefficient (Wildman–Crippen LogP) is 2.20. The second-order valence-electron chi connectivity index (χ2n) is 5.28. The smallest absolute Gasteiger partial charge is 0.236 e. The van der Waals surface area contributed by atoms with E-state index >= 15 is 0 Å². The molecule has 0 spiro atoms. The highest BCUT2D eigenvalue weighted by Crippen LogP contribution is 2.27. The first-order chi connectivity index (χ1) is 7.59. The van der Waals surface area contributed by atoms with Crippen molar-refractivity contribution in [3.63, 3.8) is 0 Å². The molecule has 0 aromatic carbocycles. The lowest BCUT2D eigenvalue weighted by Crippen LogP contribution is -2.42. The van der Waals surface area contributed by atoms with Crippen molar-refractivity contribution in [1.82, 2.24) is 5.32 Å². The standard InChI is InChI=1S/C13H26N2O/c1-10(15-13(16)11(2)14)8-9-12-6-4-3-5-7-12/h10-12H,3-9,14H2,1-2H3,(H,15,16)/t10?,11-/m0/s1. The third-order valence-electron chi connectivity index (χ3n) is 3.53. The molecule has 3 N–H and O–H groups in total. The highest BCUT2D eigenvalue weighted by Gasteiger charge is 2.16. The van der Waals surface area contributed by atoms with Crippen molar-refractivity contribution in [2.75, 3.05) is 0 Å². The van der Waals surface area contributed by atoms with E-state index in [4.69, 9.17) is 5.73 Å². The third-order valence-corrected chi connectivity index (χ3v) is 3.53. The molecule has 1 amide bonds. The van der Waals surface area contributed by atoms with Gasteiger partial charge in [-0.25, -0.2) is 0 Å². The minimum absolute atomic E-state index is 0.0313. The van der Waals surface area contributed by atoms with E-state index in [-0.39, 0.29) is 11.9 Å². The van der Waals surface area contributed by atoms with E-state index in [1.165, 1.54) is 38.5 Å². The maximum atomic E-state index is 11.4. The summed E-state index contributed by atoms with van der Waals surface area (Å²) in [6, 6.07) is -0.127. The van der Waals surface area contributed by atoms with Crippen molar-refractivity contribution < 1.29 is 4.79 Å². The summed E-state index contributed by atoms with van der Waals surface area (Å²) in [5, 5.41) is 2.95. The third kappa shape index (κ3) is 4.97. The first-order valence-electron chi connectivity index (χ1n) is 6.65. The van der Waals surface area contributed by atoms with Crippen LogP contribution < -0.4 is 11.1 Å². The Labute approximate surface area is 99.2 Å². The molecular weight excluding hydrogens is 200 g/mol. The Balaban J connectivity index is 2.13. The Hall–Kier alpha value is -0.570. The van der Waals surface area contributed by atoms with Crippen LogP contribution in [0.15, 0.2) is 0 Å². The fraction of sp³-hybridized carbons (Fsp3) is 0.923. The van der Waals surface area contributed by atoms with E-state index in [9.17, 15) is 4.79 Å². The number of nitrogens with one attached hydrogen (secondary N) is 1. The van der Waals surface area contributed by atoms with Gasteiger partial charge in [0.05, 0.1) is 6.04 Å². The topological polar surface area (TPSA) is 55.1 Å². The van der Waals surface area contributed by atoms with E-state index in [0.29, 0.717) is 0 Å². The van der Waals surface area contributed by atoms with Gasteiger partial charge in [-0.05, 0) is 32.6 Å². The van der Waals surface area contributed by atoms with Crippen molar-refractivity contribution in [1.29, 1.82) is 0 Å². The molecule has 3 nitrogen and oxygen atoms in total. The monoisotopic (exact) mass is 226 g/mol. The van der Waals surface area contributed by atoms with Crippen molar-refractivity contribution in [2.45, 2.75) is 70.9 Å². The van der Waals surface area contributed by atoms with Gasteiger partial charge in [0, 0.05) is 6.04 Å². The first-order valence-corrected chi connectivity index (χ1v) is 6.65. The summed E-state index contributed by atoms with van der Waals surface area (Å²) in [6.07, 6.45) is 9.30. The van der Waals surface area contributed by atoms with Crippen LogP contribution in [0.25, 0.3) is 0 Å². The first kappa shape index (κ1) is 13.5. The van der Waals surface area contributed by atoms with Crippen LogP contribution in [0, 0.1) is 5.92 Å². The summed E-state index contributed by atoms with van der Waals surface area (Å²) in [5.41, 5.74) is 5.51. The Morgan fingerprint density at radius 2 is 1.94 bits per heavy atom. The lowest BCUT2D eigenvalue weighted by Gasteiger charge is -2.23. The van der Waals surface area contributed by atoms with Gasteiger partial charge < -0.3 is 11.1 Å². The van der Waals surface area contributed by atoms with E-state index < -0.39 is 6.04 Å². The molecular formula is C13H26N2O. The van der Waals surface area contributed by atoms with Crippen molar-refractivity contribution in [3.05, 3.63) is 0 Å². The average molecular weight is 226 g/mol. The molecule has 3 heteroatoms. The van der Waals surface area contributed by atoms with Gasteiger partial charge in [-0.2, -0.15) is 0 Å². The molecule has 2 atom stereocenters. The van der Waals surface area contributed by atoms with Crippen LogP contribution in [0.4, 0.5) is 0 Å². The Morgan fingerprint density at radius 1 is 1.31 bits per heavy atom. The zero-order valence-corrected chi connectivity index (χ0v) is 10.7. The lowest BCUT2D eigenvalue weighted by molar-refractivity contribution is -0.122. The molecule has 1 aliphatic rings. The van der Waals surface area contributed by atoms with E-state index in [1.54, 1.807) is 6.92 Å². The zero-order valence-electron chi connectivity index (χ0n) is 10.7. The fourth-order valence-electron chi connectivity index (χ4n) is 2.41. The minimum atomic E-state index is -0.392. The van der Waals surface area contributed by atoms with E-state index in [1.807, 2.05) is 0 Å². The Morgan fingerprint density at radius 3 is 2.50 bits per heavy atom. The van der Waals surface area contributed by atoms with Crippen LogP contribution in [0.1, 0.15) is 58.8 Å². The number of amides is 1. The van der Waals surface area contributed by atoms with Crippen LogP contribution in [-0.2, 0) is 4.79 Å². The van der Waals surface area contributed by atoms with Crippen LogP contribution in [0.3, 0.4) is 0 Å². The molecule has 1 fully saturated rings. The maximum Gasteiger partial charge on any atom is 0.236 e. The maximum absolute atomic E-state index is 11.4. The minimum Gasteiger partial charge on any atom is -0.352 e. The van der Waals surface area contributed by atoms with Gasteiger partial charge >= 0.3 is 0 Å². The molecule has 0 bridgehead atoms. The second kappa shape index (κ2) is 6.89. The molecule has 1 rings (SSSR count). The number of carbonyl (C=O) groups excluding carboxylic acids is 1. The molecule has 0 radical (unpaired) electrons. The molecule has 0 aromatic heterocycles. The largest absolute Gasteiger partial charge is 0.352 e. The molecule has 0 aromatic rings. The van der Waals surface area contributed by atoms with Crippen molar-refractivity contribution >= 4 is 5.91 Å². The Kier molecular flexibility index (Phi) is 5.81. The van der Waals surface area contributed by atoms with Gasteiger partial charge in [-0.1, -0.05) is 32.1 Å². The number of rotatable bonds is 5. The molecule has 1 unspecified atom stereocenters. The van der Waals surface area contributed by atoms with Crippen LogP contribution in [0.5, 0.6) is 0 Å². The average Bonchev–Trinajstić information content (AvgIpc) is 2.27. The highest BCUT2D eigenvalue weighted by molar-refractivity contribution is 5.81. The molecule has 1 saturated carbocycles. The van der Waals surface area contributed by atoms with Crippen molar-refractivity contribution in [2.24, 2.45) is 11.7 Å². The molecule has 0 saturated heterocycles. The summed E-state index contributed by atoms with van der Waals surface area (Å²) in [6.45, 7) is 3.80. The SMILES string of the molecule is CC(CCC1CCCCC1)NC(=O)[C@H](C)N.